The number of hydrogen-bond acceptors (Lipinski definition) is 6. The molecule has 1 aliphatic heterocycles. The fourth-order valence-electron chi connectivity index (χ4n) is 3.38. The lowest BCUT2D eigenvalue weighted by Gasteiger charge is -2.15. The number of rotatable bonds is 5. The Hall–Kier alpha value is -4.41. The minimum absolute atomic E-state index is 0.112. The molecule has 7 nitrogen and oxygen atoms in total. The first-order valence-corrected chi connectivity index (χ1v) is 10.5. The summed E-state index contributed by atoms with van der Waals surface area (Å²) in [6.07, 6.45) is 1.45. The van der Waals surface area contributed by atoms with E-state index in [1.807, 2.05) is 30.3 Å². The molecule has 0 spiro atoms. The van der Waals surface area contributed by atoms with E-state index in [1.165, 1.54) is 13.0 Å². The maximum Gasteiger partial charge on any atom is 0.340 e. The minimum Gasteiger partial charge on any atom is -0.457 e. The molecule has 0 aliphatic carbocycles. The summed E-state index contributed by atoms with van der Waals surface area (Å²) in [7, 11) is 0. The molecular formula is C26H17ClN2O5. The maximum absolute atomic E-state index is 12.6. The fraction of sp³-hybridized carbons (Fsp3) is 0.0769. The number of nitrogens with one attached hydrogen (secondary N) is 1. The summed E-state index contributed by atoms with van der Waals surface area (Å²) >= 11 is 6.22. The molecule has 1 aromatic heterocycles. The Balaban J connectivity index is 1.58. The summed E-state index contributed by atoms with van der Waals surface area (Å²) in [4.78, 5) is 36.6. The van der Waals surface area contributed by atoms with Gasteiger partial charge in [-0.1, -0.05) is 41.9 Å². The second kappa shape index (κ2) is 9.61. The van der Waals surface area contributed by atoms with Crippen LogP contribution in [-0.2, 0) is 20.9 Å². The number of esters is 1. The Morgan fingerprint density at radius 1 is 1.12 bits per heavy atom. The average Bonchev–Trinajstić information content (AvgIpc) is 3.30. The SMILES string of the molecule is CC1=C(C#N)C(=O)NC(=O)/C1=C/c1ccc(-c2ccc(Cl)c(C(=O)OCc3ccccc3)c2)o1. The van der Waals surface area contributed by atoms with E-state index in [2.05, 4.69) is 5.32 Å². The zero-order chi connectivity index (χ0) is 24.2. The van der Waals surface area contributed by atoms with Crippen LogP contribution in [0.4, 0.5) is 0 Å². The number of nitriles is 1. The molecule has 34 heavy (non-hydrogen) atoms. The number of hydrogen-bond donors (Lipinski definition) is 1. The van der Waals surface area contributed by atoms with Gasteiger partial charge < -0.3 is 9.15 Å². The summed E-state index contributed by atoms with van der Waals surface area (Å²) in [6.45, 7) is 1.64. The topological polar surface area (TPSA) is 109 Å². The summed E-state index contributed by atoms with van der Waals surface area (Å²) in [5.41, 5.74) is 1.91. The summed E-state index contributed by atoms with van der Waals surface area (Å²) < 4.78 is 11.2. The van der Waals surface area contributed by atoms with Crippen LogP contribution in [0.5, 0.6) is 0 Å². The van der Waals surface area contributed by atoms with Crippen LogP contribution in [0, 0.1) is 11.3 Å². The molecule has 0 fully saturated rings. The Morgan fingerprint density at radius 3 is 2.62 bits per heavy atom. The van der Waals surface area contributed by atoms with Crippen LogP contribution >= 0.6 is 11.6 Å². The molecule has 0 radical (unpaired) electrons. The molecule has 0 bridgehead atoms. The van der Waals surface area contributed by atoms with Crippen molar-refractivity contribution in [2.45, 2.75) is 13.5 Å². The number of furan rings is 1. The van der Waals surface area contributed by atoms with Gasteiger partial charge in [0.15, 0.2) is 0 Å². The van der Waals surface area contributed by atoms with Gasteiger partial charge in [0.1, 0.15) is 29.8 Å². The van der Waals surface area contributed by atoms with Gasteiger partial charge in [-0.25, -0.2) is 4.79 Å². The van der Waals surface area contributed by atoms with Crippen molar-refractivity contribution in [1.29, 1.82) is 5.26 Å². The van der Waals surface area contributed by atoms with Crippen molar-refractivity contribution in [1.82, 2.24) is 5.32 Å². The molecule has 0 saturated carbocycles. The highest BCUT2D eigenvalue weighted by molar-refractivity contribution is 6.33. The van der Waals surface area contributed by atoms with Crippen molar-refractivity contribution in [3.8, 4) is 17.4 Å². The number of benzene rings is 2. The number of carbonyl (C=O) groups excluding carboxylic acids is 3. The van der Waals surface area contributed by atoms with E-state index in [4.69, 9.17) is 20.8 Å². The number of halogens is 1. The summed E-state index contributed by atoms with van der Waals surface area (Å²) in [5, 5.41) is 11.5. The first-order valence-electron chi connectivity index (χ1n) is 10.2. The first kappa shape index (κ1) is 22.8. The molecule has 0 atom stereocenters. The van der Waals surface area contributed by atoms with Gasteiger partial charge in [0, 0.05) is 11.1 Å². The van der Waals surface area contributed by atoms with Gasteiger partial charge in [-0.15, -0.1) is 0 Å². The van der Waals surface area contributed by atoms with Gasteiger partial charge in [-0.05, 0) is 54.5 Å². The third kappa shape index (κ3) is 4.68. The van der Waals surface area contributed by atoms with Crippen LogP contribution in [0.25, 0.3) is 17.4 Å². The minimum atomic E-state index is -0.727. The normalized spacial score (nSPS) is 14.7. The van der Waals surface area contributed by atoms with Crippen LogP contribution in [0.15, 0.2) is 81.8 Å². The van der Waals surface area contributed by atoms with Crippen LogP contribution in [0.1, 0.15) is 28.6 Å². The van der Waals surface area contributed by atoms with Crippen molar-refractivity contribution < 1.29 is 23.5 Å². The Morgan fingerprint density at radius 2 is 1.88 bits per heavy atom. The van der Waals surface area contributed by atoms with E-state index in [1.54, 1.807) is 36.4 Å². The fourth-order valence-corrected chi connectivity index (χ4v) is 3.57. The Labute approximate surface area is 199 Å². The highest BCUT2D eigenvalue weighted by atomic mass is 35.5. The molecule has 8 heteroatoms. The van der Waals surface area contributed by atoms with Gasteiger partial charge in [0.05, 0.1) is 10.6 Å². The number of imide groups is 1. The van der Waals surface area contributed by atoms with Crippen LogP contribution in [0.2, 0.25) is 5.02 Å². The molecule has 0 unspecified atom stereocenters. The third-order valence-electron chi connectivity index (χ3n) is 5.19. The van der Waals surface area contributed by atoms with Crippen molar-refractivity contribution in [3.05, 3.63) is 99.3 Å². The molecule has 168 valence electrons. The molecule has 2 amide bonds. The molecule has 1 N–H and O–H groups in total. The lowest BCUT2D eigenvalue weighted by atomic mass is 9.96. The van der Waals surface area contributed by atoms with Crippen LogP contribution in [-0.4, -0.2) is 17.8 Å². The van der Waals surface area contributed by atoms with Crippen molar-refractivity contribution >= 4 is 35.5 Å². The van der Waals surface area contributed by atoms with Gasteiger partial charge in [0.25, 0.3) is 11.8 Å². The molecule has 0 saturated heterocycles. The van der Waals surface area contributed by atoms with Crippen molar-refractivity contribution in [2.75, 3.05) is 0 Å². The number of amides is 2. The summed E-state index contributed by atoms with van der Waals surface area (Å²) in [5.74, 6) is -1.16. The van der Waals surface area contributed by atoms with Crippen molar-refractivity contribution in [2.24, 2.45) is 0 Å². The molecule has 2 heterocycles. The Kier molecular flexibility index (Phi) is 6.44. The smallest absolute Gasteiger partial charge is 0.340 e. The number of nitrogens with zero attached hydrogens (tertiary/aromatic N) is 1. The zero-order valence-electron chi connectivity index (χ0n) is 17.9. The lowest BCUT2D eigenvalue weighted by Crippen LogP contribution is -2.37. The van der Waals surface area contributed by atoms with E-state index in [0.717, 1.165) is 5.56 Å². The quantitative estimate of drug-likeness (QED) is 0.323. The second-order valence-corrected chi connectivity index (χ2v) is 7.82. The highest BCUT2D eigenvalue weighted by Crippen LogP contribution is 2.29. The standard InChI is InChI=1S/C26H17ClN2O5/c1-15-19(24(30)29-25(31)21(15)13-28)12-18-8-10-23(34-18)17-7-9-22(27)20(11-17)26(32)33-14-16-5-3-2-4-6-16/h2-12H,14H2,1H3,(H,29,30,31)/b19-12+. The van der Waals surface area contributed by atoms with Crippen LogP contribution < -0.4 is 5.32 Å². The predicted molar refractivity (Wildman–Crippen MR) is 124 cm³/mol. The monoisotopic (exact) mass is 472 g/mol. The number of carbonyl (C=O) groups is 3. The van der Waals surface area contributed by atoms with E-state index in [9.17, 15) is 19.6 Å². The van der Waals surface area contributed by atoms with Gasteiger partial charge in [0.2, 0.25) is 0 Å². The van der Waals surface area contributed by atoms with E-state index in [-0.39, 0.29) is 33.9 Å². The second-order valence-electron chi connectivity index (χ2n) is 7.41. The molecule has 2 aromatic carbocycles. The third-order valence-corrected chi connectivity index (χ3v) is 5.52. The summed E-state index contributed by atoms with van der Waals surface area (Å²) in [6, 6.07) is 19.2. The van der Waals surface area contributed by atoms with Crippen LogP contribution in [0.3, 0.4) is 0 Å². The molecule has 1 aliphatic rings. The largest absolute Gasteiger partial charge is 0.457 e. The molecular weight excluding hydrogens is 456 g/mol. The van der Waals surface area contributed by atoms with E-state index >= 15 is 0 Å². The maximum atomic E-state index is 12.6. The number of ether oxygens (including phenoxy) is 1. The van der Waals surface area contributed by atoms with Crippen molar-refractivity contribution in [3.63, 3.8) is 0 Å². The van der Waals surface area contributed by atoms with Gasteiger partial charge in [-0.3, -0.25) is 14.9 Å². The first-order chi connectivity index (χ1) is 16.4. The van der Waals surface area contributed by atoms with E-state index in [0.29, 0.717) is 17.1 Å². The van der Waals surface area contributed by atoms with Gasteiger partial charge in [-0.2, -0.15) is 5.26 Å². The lowest BCUT2D eigenvalue weighted by molar-refractivity contribution is -0.126. The predicted octanol–water partition coefficient (Wildman–Crippen LogP) is 4.84. The molecule has 3 aromatic rings. The van der Waals surface area contributed by atoms with E-state index < -0.39 is 17.8 Å². The Bertz CT molecular complexity index is 1410. The molecule has 4 rings (SSSR count). The zero-order valence-corrected chi connectivity index (χ0v) is 18.7. The van der Waals surface area contributed by atoms with Gasteiger partial charge >= 0.3 is 5.97 Å². The highest BCUT2D eigenvalue weighted by Gasteiger charge is 2.27. The average molecular weight is 473 g/mol.